The first-order chi connectivity index (χ1) is 15.1. The van der Waals surface area contributed by atoms with Gasteiger partial charge in [-0.15, -0.1) is 0 Å². The Labute approximate surface area is 182 Å². The third kappa shape index (κ3) is 5.24. The molecule has 1 amide bonds. The largest absolute Gasteiger partial charge is 0.494 e. The van der Waals surface area contributed by atoms with E-state index < -0.39 is 0 Å². The number of carbonyl (C=O) groups is 1. The van der Waals surface area contributed by atoms with E-state index in [0.29, 0.717) is 19.8 Å². The fraction of sp³-hybridized carbons (Fsp3) is 0.333. The number of nitrogens with zero attached hydrogens (tertiary/aromatic N) is 3. The number of anilines is 2. The topological polar surface area (TPSA) is 68.6 Å². The van der Waals surface area contributed by atoms with Gasteiger partial charge in [0.15, 0.2) is 5.82 Å². The summed E-state index contributed by atoms with van der Waals surface area (Å²) in [4.78, 5) is 14.9. The van der Waals surface area contributed by atoms with Crippen LogP contribution in [0, 0.1) is 6.92 Å². The Balaban J connectivity index is 1.52. The van der Waals surface area contributed by atoms with Gasteiger partial charge in [-0.25, -0.2) is 0 Å². The predicted octanol–water partition coefficient (Wildman–Crippen LogP) is 3.73. The summed E-state index contributed by atoms with van der Waals surface area (Å²) >= 11 is 0. The van der Waals surface area contributed by atoms with Crippen LogP contribution in [0.15, 0.2) is 54.7 Å². The van der Waals surface area contributed by atoms with Crippen LogP contribution in [-0.2, 0) is 16.1 Å². The lowest BCUT2D eigenvalue weighted by atomic mass is 10.1. The molecule has 0 bridgehead atoms. The lowest BCUT2D eigenvalue weighted by Crippen LogP contribution is -2.36. The van der Waals surface area contributed by atoms with Crippen molar-refractivity contribution in [2.45, 2.75) is 20.4 Å². The highest BCUT2D eigenvalue weighted by atomic mass is 16.5. The molecule has 7 heteroatoms. The number of morpholine rings is 1. The van der Waals surface area contributed by atoms with Crippen LogP contribution >= 0.6 is 0 Å². The molecule has 2 heterocycles. The molecule has 7 nitrogen and oxygen atoms in total. The molecule has 3 aromatic rings. The van der Waals surface area contributed by atoms with E-state index in [9.17, 15) is 4.79 Å². The Hall–Kier alpha value is -3.32. The molecule has 2 aromatic carbocycles. The van der Waals surface area contributed by atoms with Crippen LogP contribution in [-0.4, -0.2) is 48.6 Å². The number of hydrogen-bond donors (Lipinski definition) is 1. The highest BCUT2D eigenvalue weighted by Gasteiger charge is 2.20. The van der Waals surface area contributed by atoms with Gasteiger partial charge in [-0.05, 0) is 43.7 Å². The zero-order valence-electron chi connectivity index (χ0n) is 18.0. The highest BCUT2D eigenvalue weighted by molar-refractivity contribution is 5.90. The second-order valence-electron chi connectivity index (χ2n) is 7.53. The molecule has 1 N–H and O–H groups in total. The molecule has 0 unspecified atom stereocenters. The van der Waals surface area contributed by atoms with Crippen molar-refractivity contribution in [2.24, 2.45) is 0 Å². The van der Waals surface area contributed by atoms with Gasteiger partial charge in [-0.3, -0.25) is 9.48 Å². The molecule has 1 fully saturated rings. The van der Waals surface area contributed by atoms with Crippen LogP contribution in [0.25, 0.3) is 11.1 Å². The monoisotopic (exact) mass is 420 g/mol. The summed E-state index contributed by atoms with van der Waals surface area (Å²) in [6, 6.07) is 15.7. The number of aryl methyl sites for hydroxylation is 1. The first kappa shape index (κ1) is 20.9. The van der Waals surface area contributed by atoms with Crippen molar-refractivity contribution in [3.8, 4) is 16.9 Å². The van der Waals surface area contributed by atoms with Crippen molar-refractivity contribution in [3.63, 3.8) is 0 Å². The molecule has 1 aliphatic heterocycles. The van der Waals surface area contributed by atoms with Crippen molar-refractivity contribution in [1.82, 2.24) is 9.78 Å². The molecule has 0 atom stereocenters. The number of aromatic nitrogens is 2. The molecule has 0 radical (unpaired) electrons. The number of nitrogens with one attached hydrogen (secondary N) is 1. The lowest BCUT2D eigenvalue weighted by molar-refractivity contribution is -0.116. The van der Waals surface area contributed by atoms with Crippen LogP contribution in [0.5, 0.6) is 5.75 Å². The van der Waals surface area contributed by atoms with Gasteiger partial charge >= 0.3 is 0 Å². The second kappa shape index (κ2) is 9.66. The Morgan fingerprint density at radius 2 is 1.81 bits per heavy atom. The molecular formula is C24H28N4O3. The van der Waals surface area contributed by atoms with Crippen LogP contribution in [0.3, 0.4) is 0 Å². The fourth-order valence-electron chi connectivity index (χ4n) is 3.59. The van der Waals surface area contributed by atoms with Crippen molar-refractivity contribution < 1.29 is 14.3 Å². The van der Waals surface area contributed by atoms with E-state index >= 15 is 0 Å². The number of rotatable bonds is 7. The smallest absolute Gasteiger partial charge is 0.246 e. The van der Waals surface area contributed by atoms with Gasteiger partial charge in [-0.1, -0.05) is 29.8 Å². The number of benzene rings is 2. The lowest BCUT2D eigenvalue weighted by Gasteiger charge is -2.27. The number of ether oxygens (including phenoxy) is 2. The predicted molar refractivity (Wildman–Crippen MR) is 122 cm³/mol. The summed E-state index contributed by atoms with van der Waals surface area (Å²) < 4.78 is 12.7. The van der Waals surface area contributed by atoms with Gasteiger partial charge in [0.25, 0.3) is 0 Å². The molecule has 31 heavy (non-hydrogen) atoms. The Bertz CT molecular complexity index is 1010. The third-order valence-corrected chi connectivity index (χ3v) is 5.17. The van der Waals surface area contributed by atoms with Crippen molar-refractivity contribution >= 4 is 17.4 Å². The Kier molecular flexibility index (Phi) is 6.52. The quantitative estimate of drug-likeness (QED) is 0.631. The first-order valence-corrected chi connectivity index (χ1v) is 10.6. The van der Waals surface area contributed by atoms with E-state index in [4.69, 9.17) is 14.6 Å². The number of amides is 1. The summed E-state index contributed by atoms with van der Waals surface area (Å²) in [6.45, 7) is 7.69. The maximum Gasteiger partial charge on any atom is 0.246 e. The first-order valence-electron chi connectivity index (χ1n) is 10.6. The molecule has 1 aromatic heterocycles. The molecule has 0 spiro atoms. The van der Waals surface area contributed by atoms with Gasteiger partial charge < -0.3 is 19.7 Å². The molecule has 1 aliphatic rings. The summed E-state index contributed by atoms with van der Waals surface area (Å²) in [5, 5.41) is 7.69. The van der Waals surface area contributed by atoms with Gasteiger partial charge in [-0.2, -0.15) is 5.10 Å². The highest BCUT2D eigenvalue weighted by Crippen LogP contribution is 2.30. The minimum Gasteiger partial charge on any atom is -0.494 e. The van der Waals surface area contributed by atoms with Gasteiger partial charge in [0.2, 0.25) is 5.91 Å². The maximum atomic E-state index is 12.6. The molecular weight excluding hydrogens is 392 g/mol. The van der Waals surface area contributed by atoms with Crippen molar-refractivity contribution in [3.05, 3.63) is 60.3 Å². The average Bonchev–Trinajstić information content (AvgIpc) is 3.20. The molecule has 4 rings (SSSR count). The molecule has 162 valence electrons. The number of carbonyl (C=O) groups excluding carboxylic acids is 1. The van der Waals surface area contributed by atoms with E-state index in [1.807, 2.05) is 37.4 Å². The van der Waals surface area contributed by atoms with Gasteiger partial charge in [0, 0.05) is 30.5 Å². The summed E-state index contributed by atoms with van der Waals surface area (Å²) in [7, 11) is 0. The third-order valence-electron chi connectivity index (χ3n) is 5.17. The Morgan fingerprint density at radius 3 is 2.48 bits per heavy atom. The van der Waals surface area contributed by atoms with Crippen LogP contribution in [0.2, 0.25) is 0 Å². The summed E-state index contributed by atoms with van der Waals surface area (Å²) in [5.74, 6) is 1.54. The average molecular weight is 421 g/mol. The van der Waals surface area contributed by atoms with E-state index in [2.05, 4.69) is 41.4 Å². The normalized spacial score (nSPS) is 13.8. The van der Waals surface area contributed by atoms with E-state index in [0.717, 1.165) is 41.5 Å². The van der Waals surface area contributed by atoms with Crippen LogP contribution < -0.4 is 15.0 Å². The Morgan fingerprint density at radius 1 is 1.10 bits per heavy atom. The summed E-state index contributed by atoms with van der Waals surface area (Å²) in [6.07, 6.45) is 1.95. The molecule has 0 aliphatic carbocycles. The zero-order valence-corrected chi connectivity index (χ0v) is 18.0. The minimum absolute atomic E-state index is 0.129. The van der Waals surface area contributed by atoms with E-state index in [1.54, 1.807) is 4.68 Å². The second-order valence-corrected chi connectivity index (χ2v) is 7.53. The molecule has 1 saturated heterocycles. The fourth-order valence-corrected chi connectivity index (χ4v) is 3.59. The SMILES string of the molecule is CCOc1ccc(NC(=O)Cn2cc(-c3ccc(C)cc3)c(N3CCOCC3)n2)cc1. The van der Waals surface area contributed by atoms with Crippen LogP contribution in [0.4, 0.5) is 11.5 Å². The standard InChI is InChI=1S/C24H28N4O3/c1-3-31-21-10-8-20(9-11-21)25-23(29)17-28-16-22(19-6-4-18(2)5-7-19)24(26-28)27-12-14-30-15-13-27/h4-11,16H,3,12-15,17H2,1-2H3,(H,25,29). The minimum atomic E-state index is -0.129. The van der Waals surface area contributed by atoms with E-state index in [1.165, 1.54) is 5.56 Å². The van der Waals surface area contributed by atoms with Gasteiger partial charge in [0.05, 0.1) is 19.8 Å². The molecule has 0 saturated carbocycles. The van der Waals surface area contributed by atoms with Crippen molar-refractivity contribution in [1.29, 1.82) is 0 Å². The summed E-state index contributed by atoms with van der Waals surface area (Å²) in [5.41, 5.74) is 4.05. The van der Waals surface area contributed by atoms with E-state index in [-0.39, 0.29) is 12.5 Å². The van der Waals surface area contributed by atoms with Crippen molar-refractivity contribution in [2.75, 3.05) is 43.1 Å². The van der Waals surface area contributed by atoms with Gasteiger partial charge in [0.1, 0.15) is 12.3 Å². The van der Waals surface area contributed by atoms with Crippen LogP contribution in [0.1, 0.15) is 12.5 Å². The zero-order chi connectivity index (χ0) is 21.6. The number of hydrogen-bond acceptors (Lipinski definition) is 5. The maximum absolute atomic E-state index is 12.6.